The number of hydrogen-bond acceptors (Lipinski definition) is 2. The fraction of sp³-hybridized carbons (Fsp3) is 0.462. The van der Waals surface area contributed by atoms with Crippen molar-refractivity contribution in [2.24, 2.45) is 5.92 Å². The molecule has 1 heterocycles. The third kappa shape index (κ3) is 2.46. The Hall–Kier alpha value is -1.03. The third-order valence-corrected chi connectivity index (χ3v) is 4.50. The van der Waals surface area contributed by atoms with Crippen LogP contribution in [0, 0.1) is 5.92 Å². The molecule has 0 radical (unpaired) electrons. The fourth-order valence-corrected chi connectivity index (χ4v) is 3.14. The second kappa shape index (κ2) is 5.08. The molecule has 0 aliphatic carbocycles. The Morgan fingerprint density at radius 3 is 2.71 bits per heavy atom. The second-order valence-corrected chi connectivity index (χ2v) is 5.23. The lowest BCUT2D eigenvalue weighted by Crippen LogP contribution is -2.05. The topological polar surface area (TPSA) is 46.0 Å². The van der Waals surface area contributed by atoms with E-state index in [4.69, 9.17) is 4.42 Å². The first kappa shape index (κ1) is 12.4. The van der Waals surface area contributed by atoms with Crippen LogP contribution in [0.5, 0.6) is 0 Å². The fourth-order valence-electron chi connectivity index (χ4n) is 2.11. The molecule has 2 rings (SSSR count). The largest absolute Gasteiger partial charge is 0.417 e. The summed E-state index contributed by atoms with van der Waals surface area (Å²) in [6, 6.07) is 5.86. The molecule has 0 aliphatic heterocycles. The van der Waals surface area contributed by atoms with E-state index in [0.717, 1.165) is 23.9 Å². The van der Waals surface area contributed by atoms with Gasteiger partial charge in [0.25, 0.3) is 0 Å². The van der Waals surface area contributed by atoms with Crippen LogP contribution in [-0.2, 0) is 0 Å². The Kier molecular flexibility index (Phi) is 3.72. The smallest absolute Gasteiger partial charge is 0.408 e. The molecule has 0 aliphatic rings. The number of halogens is 1. The molecule has 1 unspecified atom stereocenters. The highest BCUT2D eigenvalue weighted by atomic mass is 79.9. The van der Waals surface area contributed by atoms with Crippen molar-refractivity contribution in [3.63, 3.8) is 0 Å². The molecule has 92 valence electrons. The minimum absolute atomic E-state index is 0.308. The molecule has 1 aromatic carbocycles. The number of aromatic nitrogens is 1. The van der Waals surface area contributed by atoms with Gasteiger partial charge in [-0.15, -0.1) is 0 Å². The van der Waals surface area contributed by atoms with Gasteiger partial charge in [-0.3, -0.25) is 4.98 Å². The number of rotatable bonds is 4. The third-order valence-electron chi connectivity index (χ3n) is 3.23. The summed E-state index contributed by atoms with van der Waals surface area (Å²) in [7, 11) is 0. The van der Waals surface area contributed by atoms with Gasteiger partial charge >= 0.3 is 5.76 Å². The van der Waals surface area contributed by atoms with E-state index in [1.165, 1.54) is 0 Å². The molecular weight excluding hydrogens is 282 g/mol. The Morgan fingerprint density at radius 1 is 1.35 bits per heavy atom. The van der Waals surface area contributed by atoms with E-state index in [1.54, 1.807) is 0 Å². The first-order valence-electron chi connectivity index (χ1n) is 5.92. The highest BCUT2D eigenvalue weighted by molar-refractivity contribution is 9.09. The Bertz CT molecular complexity index is 554. The number of alkyl halides is 1. The molecular formula is C13H16BrNO2. The van der Waals surface area contributed by atoms with Crippen LogP contribution in [0.4, 0.5) is 0 Å². The number of benzene rings is 1. The summed E-state index contributed by atoms with van der Waals surface area (Å²) in [5, 5.41) is 0. The molecule has 17 heavy (non-hydrogen) atoms. The van der Waals surface area contributed by atoms with Crippen LogP contribution in [0.3, 0.4) is 0 Å². The van der Waals surface area contributed by atoms with Crippen molar-refractivity contribution < 1.29 is 4.42 Å². The number of fused-ring (bicyclic) bond motifs is 1. The molecule has 3 nitrogen and oxygen atoms in total. The Labute approximate surface area is 108 Å². The standard InChI is InChI=1S/C13H16BrNO2/c1-3-8(4-2)12(14)9-5-6-10-11(7-9)17-13(16)15-10/h5-8,12H,3-4H2,1-2H3,(H,15,16). The van der Waals surface area contributed by atoms with E-state index in [0.29, 0.717) is 16.3 Å². The molecule has 0 saturated heterocycles. The molecule has 4 heteroatoms. The van der Waals surface area contributed by atoms with E-state index in [2.05, 4.69) is 34.8 Å². The van der Waals surface area contributed by atoms with E-state index in [-0.39, 0.29) is 0 Å². The maximum atomic E-state index is 11.1. The molecule has 2 aromatic rings. The van der Waals surface area contributed by atoms with Crippen molar-refractivity contribution in [3.05, 3.63) is 34.3 Å². The summed E-state index contributed by atoms with van der Waals surface area (Å²) >= 11 is 3.74. The Morgan fingerprint density at radius 2 is 2.06 bits per heavy atom. The number of nitrogens with one attached hydrogen (secondary N) is 1. The van der Waals surface area contributed by atoms with E-state index in [9.17, 15) is 4.79 Å². The van der Waals surface area contributed by atoms with Crippen LogP contribution >= 0.6 is 15.9 Å². The predicted octanol–water partition coefficient (Wildman–Crippen LogP) is 3.99. The second-order valence-electron chi connectivity index (χ2n) is 4.25. The molecule has 1 aromatic heterocycles. The SMILES string of the molecule is CCC(CC)C(Br)c1ccc2[nH]c(=O)oc2c1. The molecule has 0 spiro atoms. The van der Waals surface area contributed by atoms with Crippen LogP contribution in [0.25, 0.3) is 11.1 Å². The van der Waals surface area contributed by atoms with Crippen molar-refractivity contribution in [2.45, 2.75) is 31.5 Å². The summed E-state index contributed by atoms with van der Waals surface area (Å²) in [5.74, 6) is 0.198. The first-order chi connectivity index (χ1) is 8.15. The van der Waals surface area contributed by atoms with E-state index in [1.807, 2.05) is 18.2 Å². The maximum Gasteiger partial charge on any atom is 0.417 e. The zero-order valence-electron chi connectivity index (χ0n) is 10.00. The average molecular weight is 298 g/mol. The average Bonchev–Trinajstić information content (AvgIpc) is 2.69. The lowest BCUT2D eigenvalue weighted by atomic mass is 9.94. The molecule has 0 bridgehead atoms. The Balaban J connectivity index is 2.38. The molecule has 0 amide bonds. The minimum Gasteiger partial charge on any atom is -0.408 e. The van der Waals surface area contributed by atoms with Crippen LogP contribution in [0.1, 0.15) is 37.1 Å². The monoisotopic (exact) mass is 297 g/mol. The van der Waals surface area contributed by atoms with Crippen molar-refractivity contribution in [3.8, 4) is 0 Å². The summed E-state index contributed by atoms with van der Waals surface area (Å²) in [5.41, 5.74) is 2.54. The normalized spacial score (nSPS) is 13.4. The zero-order chi connectivity index (χ0) is 12.4. The highest BCUT2D eigenvalue weighted by Crippen LogP contribution is 2.35. The number of hydrogen-bond donors (Lipinski definition) is 1. The van der Waals surface area contributed by atoms with Crippen molar-refractivity contribution in [2.75, 3.05) is 0 Å². The lowest BCUT2D eigenvalue weighted by Gasteiger charge is -2.19. The van der Waals surface area contributed by atoms with Crippen molar-refractivity contribution in [1.82, 2.24) is 4.98 Å². The highest BCUT2D eigenvalue weighted by Gasteiger charge is 2.18. The van der Waals surface area contributed by atoms with Gasteiger partial charge in [-0.1, -0.05) is 48.7 Å². The number of oxazole rings is 1. The number of aromatic amines is 1. The minimum atomic E-state index is -0.397. The summed E-state index contributed by atoms with van der Waals surface area (Å²) in [6.45, 7) is 4.38. The van der Waals surface area contributed by atoms with E-state index >= 15 is 0 Å². The van der Waals surface area contributed by atoms with Gasteiger partial charge in [-0.05, 0) is 23.6 Å². The molecule has 0 saturated carbocycles. The predicted molar refractivity (Wildman–Crippen MR) is 72.6 cm³/mol. The van der Waals surface area contributed by atoms with Crippen molar-refractivity contribution in [1.29, 1.82) is 0 Å². The van der Waals surface area contributed by atoms with Gasteiger partial charge in [0.2, 0.25) is 0 Å². The van der Waals surface area contributed by atoms with Gasteiger partial charge in [0.05, 0.1) is 5.52 Å². The van der Waals surface area contributed by atoms with Crippen LogP contribution in [-0.4, -0.2) is 4.98 Å². The summed E-state index contributed by atoms with van der Waals surface area (Å²) in [4.78, 5) is 14.0. The van der Waals surface area contributed by atoms with E-state index < -0.39 is 5.76 Å². The van der Waals surface area contributed by atoms with Gasteiger partial charge in [0.1, 0.15) is 0 Å². The summed E-state index contributed by atoms with van der Waals surface area (Å²) in [6.07, 6.45) is 2.25. The lowest BCUT2D eigenvalue weighted by molar-refractivity contribution is 0.486. The quantitative estimate of drug-likeness (QED) is 0.867. The first-order valence-corrected chi connectivity index (χ1v) is 6.84. The van der Waals surface area contributed by atoms with Gasteiger partial charge in [-0.2, -0.15) is 0 Å². The van der Waals surface area contributed by atoms with Gasteiger partial charge < -0.3 is 4.42 Å². The van der Waals surface area contributed by atoms with Gasteiger partial charge in [-0.25, -0.2) is 4.79 Å². The number of H-pyrrole nitrogens is 1. The van der Waals surface area contributed by atoms with Crippen LogP contribution in [0.15, 0.2) is 27.4 Å². The summed E-state index contributed by atoms with van der Waals surface area (Å²) < 4.78 is 5.07. The molecule has 1 atom stereocenters. The van der Waals surface area contributed by atoms with Crippen LogP contribution in [0.2, 0.25) is 0 Å². The van der Waals surface area contributed by atoms with Gasteiger partial charge in [0.15, 0.2) is 5.58 Å². The van der Waals surface area contributed by atoms with Crippen molar-refractivity contribution >= 4 is 27.0 Å². The molecule has 1 N–H and O–H groups in total. The van der Waals surface area contributed by atoms with Gasteiger partial charge in [0, 0.05) is 4.83 Å². The maximum absolute atomic E-state index is 11.1. The zero-order valence-corrected chi connectivity index (χ0v) is 11.6. The molecule has 0 fully saturated rings. The van der Waals surface area contributed by atoms with Crippen LogP contribution < -0.4 is 5.76 Å².